The fourth-order valence-corrected chi connectivity index (χ4v) is 2.65. The molecule has 3 aromatic heterocycles. The van der Waals surface area contributed by atoms with E-state index in [1.54, 1.807) is 11.3 Å². The summed E-state index contributed by atoms with van der Waals surface area (Å²) in [7, 11) is 0. The van der Waals surface area contributed by atoms with Crippen LogP contribution in [0.3, 0.4) is 0 Å². The fraction of sp³-hybridized carbons (Fsp3) is 0.308. The molecule has 3 rings (SSSR count). The first-order valence-electron chi connectivity index (χ1n) is 6.18. The first-order valence-corrected chi connectivity index (χ1v) is 7.06. The number of nitrogens with one attached hydrogen (secondary N) is 1. The summed E-state index contributed by atoms with van der Waals surface area (Å²) in [5.41, 5.74) is 1.95. The molecule has 0 fully saturated rings. The Labute approximate surface area is 115 Å². The molecule has 0 amide bonds. The van der Waals surface area contributed by atoms with Gasteiger partial charge in [0.2, 0.25) is 0 Å². The molecule has 3 heterocycles. The van der Waals surface area contributed by atoms with Gasteiger partial charge in [0, 0.05) is 17.6 Å². The summed E-state index contributed by atoms with van der Waals surface area (Å²) < 4.78 is 1.99. The number of aromatic nitrogens is 4. The second-order valence-electron chi connectivity index (χ2n) is 4.44. The molecule has 0 saturated carbocycles. The van der Waals surface area contributed by atoms with Gasteiger partial charge in [-0.05, 0) is 26.0 Å². The molecule has 98 valence electrons. The number of nitrogens with zero attached hydrogens (tertiary/aromatic N) is 4. The minimum absolute atomic E-state index is 0.209. The molecule has 0 saturated heterocycles. The number of hydrogen-bond acceptors (Lipinski definition) is 5. The molecule has 3 aromatic rings. The van der Waals surface area contributed by atoms with E-state index in [1.807, 2.05) is 35.7 Å². The van der Waals surface area contributed by atoms with Crippen molar-refractivity contribution in [2.75, 3.05) is 0 Å². The second-order valence-corrected chi connectivity index (χ2v) is 5.50. The van der Waals surface area contributed by atoms with Crippen LogP contribution in [0.5, 0.6) is 0 Å². The zero-order valence-electron chi connectivity index (χ0n) is 10.9. The Morgan fingerprint density at radius 1 is 1.37 bits per heavy atom. The van der Waals surface area contributed by atoms with Crippen LogP contribution in [0.2, 0.25) is 0 Å². The minimum Gasteiger partial charge on any atom is -0.302 e. The first kappa shape index (κ1) is 12.3. The number of hydrogen-bond donors (Lipinski definition) is 1. The molecular weight excluding hydrogens is 258 g/mol. The van der Waals surface area contributed by atoms with Crippen LogP contribution in [0.4, 0.5) is 0 Å². The lowest BCUT2D eigenvalue weighted by Gasteiger charge is -2.10. The van der Waals surface area contributed by atoms with Crippen LogP contribution in [-0.4, -0.2) is 19.6 Å². The van der Waals surface area contributed by atoms with Gasteiger partial charge in [0.05, 0.1) is 17.2 Å². The maximum absolute atomic E-state index is 4.49. The van der Waals surface area contributed by atoms with Crippen molar-refractivity contribution in [1.29, 1.82) is 0 Å². The maximum atomic E-state index is 4.49. The number of aryl methyl sites for hydroxylation is 1. The van der Waals surface area contributed by atoms with Crippen molar-refractivity contribution in [1.82, 2.24) is 24.9 Å². The van der Waals surface area contributed by atoms with E-state index in [4.69, 9.17) is 0 Å². The molecule has 0 spiro atoms. The van der Waals surface area contributed by atoms with Gasteiger partial charge in [0.15, 0.2) is 11.5 Å². The van der Waals surface area contributed by atoms with Gasteiger partial charge in [-0.15, -0.1) is 21.5 Å². The second kappa shape index (κ2) is 5.07. The Balaban J connectivity index is 1.72. The molecule has 1 atom stereocenters. The third-order valence-electron chi connectivity index (χ3n) is 3.03. The quantitative estimate of drug-likeness (QED) is 0.792. The van der Waals surface area contributed by atoms with E-state index in [2.05, 4.69) is 32.8 Å². The normalized spacial score (nSPS) is 12.9. The predicted molar refractivity (Wildman–Crippen MR) is 75.1 cm³/mol. The molecular formula is C13H15N5S. The van der Waals surface area contributed by atoms with Crippen molar-refractivity contribution in [3.05, 3.63) is 46.3 Å². The third kappa shape index (κ3) is 2.50. The maximum Gasteiger partial charge on any atom is 0.160 e. The van der Waals surface area contributed by atoms with Crippen molar-refractivity contribution in [3.8, 4) is 0 Å². The van der Waals surface area contributed by atoms with Crippen molar-refractivity contribution >= 4 is 17.0 Å². The van der Waals surface area contributed by atoms with Crippen molar-refractivity contribution in [3.63, 3.8) is 0 Å². The molecule has 5 nitrogen and oxygen atoms in total. The summed E-state index contributed by atoms with van der Waals surface area (Å²) >= 11 is 1.67. The van der Waals surface area contributed by atoms with Crippen molar-refractivity contribution in [2.24, 2.45) is 0 Å². The number of fused-ring (bicyclic) bond motifs is 1. The molecule has 1 N–H and O–H groups in total. The van der Waals surface area contributed by atoms with E-state index in [0.717, 1.165) is 22.2 Å². The van der Waals surface area contributed by atoms with Crippen LogP contribution in [0.1, 0.15) is 29.5 Å². The Morgan fingerprint density at radius 2 is 2.26 bits per heavy atom. The highest BCUT2D eigenvalue weighted by Gasteiger charge is 2.10. The van der Waals surface area contributed by atoms with Crippen LogP contribution in [0.25, 0.3) is 5.65 Å². The minimum atomic E-state index is 0.209. The van der Waals surface area contributed by atoms with Crippen LogP contribution >= 0.6 is 11.3 Å². The Hall–Kier alpha value is -1.79. The van der Waals surface area contributed by atoms with Crippen LogP contribution in [-0.2, 0) is 6.54 Å². The molecule has 6 heteroatoms. The highest BCUT2D eigenvalue weighted by Crippen LogP contribution is 2.16. The lowest BCUT2D eigenvalue weighted by atomic mass is 10.2. The van der Waals surface area contributed by atoms with Gasteiger partial charge in [-0.2, -0.15) is 0 Å². The molecule has 0 aliphatic rings. The van der Waals surface area contributed by atoms with Crippen LogP contribution in [0, 0.1) is 6.92 Å². The molecule has 0 bridgehead atoms. The van der Waals surface area contributed by atoms with E-state index in [0.29, 0.717) is 6.54 Å². The van der Waals surface area contributed by atoms with Crippen molar-refractivity contribution < 1.29 is 0 Å². The van der Waals surface area contributed by atoms with Gasteiger partial charge >= 0.3 is 0 Å². The van der Waals surface area contributed by atoms with Gasteiger partial charge in [-0.25, -0.2) is 4.98 Å². The van der Waals surface area contributed by atoms with E-state index in [-0.39, 0.29) is 6.04 Å². The smallest absolute Gasteiger partial charge is 0.160 e. The van der Waals surface area contributed by atoms with Gasteiger partial charge in [-0.1, -0.05) is 6.07 Å². The monoisotopic (exact) mass is 273 g/mol. The van der Waals surface area contributed by atoms with E-state index < -0.39 is 0 Å². The SMILES string of the molecule is Cc1nc(C(C)NCc2nnc3ccccn23)cs1. The lowest BCUT2D eigenvalue weighted by Crippen LogP contribution is -2.20. The molecule has 19 heavy (non-hydrogen) atoms. The molecule has 0 aliphatic heterocycles. The summed E-state index contributed by atoms with van der Waals surface area (Å²) in [6, 6.07) is 6.10. The predicted octanol–water partition coefficient (Wildman–Crippen LogP) is 2.35. The van der Waals surface area contributed by atoms with E-state index >= 15 is 0 Å². The molecule has 1 unspecified atom stereocenters. The van der Waals surface area contributed by atoms with Gasteiger partial charge < -0.3 is 5.32 Å². The molecule has 0 aromatic carbocycles. The van der Waals surface area contributed by atoms with Crippen LogP contribution < -0.4 is 5.32 Å². The van der Waals surface area contributed by atoms with E-state index in [1.165, 1.54) is 0 Å². The highest BCUT2D eigenvalue weighted by atomic mass is 32.1. The lowest BCUT2D eigenvalue weighted by molar-refractivity contribution is 0.546. The summed E-state index contributed by atoms with van der Waals surface area (Å²) in [5.74, 6) is 0.911. The Morgan fingerprint density at radius 3 is 3.05 bits per heavy atom. The summed E-state index contributed by atoms with van der Waals surface area (Å²) in [4.78, 5) is 4.49. The summed E-state index contributed by atoms with van der Waals surface area (Å²) in [5, 5.41) is 14.9. The number of rotatable bonds is 4. The highest BCUT2D eigenvalue weighted by molar-refractivity contribution is 7.09. The average Bonchev–Trinajstić information content (AvgIpc) is 3.02. The average molecular weight is 273 g/mol. The zero-order chi connectivity index (χ0) is 13.2. The van der Waals surface area contributed by atoms with E-state index in [9.17, 15) is 0 Å². The zero-order valence-corrected chi connectivity index (χ0v) is 11.7. The first-order chi connectivity index (χ1) is 9.24. The third-order valence-corrected chi connectivity index (χ3v) is 3.82. The Bertz CT molecular complexity index is 687. The molecule has 0 aliphatic carbocycles. The molecule has 0 radical (unpaired) electrons. The van der Waals surface area contributed by atoms with Crippen LogP contribution in [0.15, 0.2) is 29.8 Å². The number of pyridine rings is 1. The topological polar surface area (TPSA) is 55.1 Å². The largest absolute Gasteiger partial charge is 0.302 e. The number of thiazole rings is 1. The van der Waals surface area contributed by atoms with Gasteiger partial charge in [0.25, 0.3) is 0 Å². The Kier molecular flexibility index (Phi) is 3.27. The summed E-state index contributed by atoms with van der Waals surface area (Å²) in [6.07, 6.45) is 1.98. The van der Waals surface area contributed by atoms with Gasteiger partial charge in [-0.3, -0.25) is 4.40 Å². The standard InChI is InChI=1S/C13H15N5S/c1-9(11-8-19-10(2)15-11)14-7-13-17-16-12-5-3-4-6-18(12)13/h3-6,8-9,14H,7H2,1-2H3. The van der Waals surface area contributed by atoms with Crippen molar-refractivity contribution in [2.45, 2.75) is 26.4 Å². The summed E-state index contributed by atoms with van der Waals surface area (Å²) in [6.45, 7) is 4.80. The van der Waals surface area contributed by atoms with Gasteiger partial charge in [0.1, 0.15) is 0 Å². The fourth-order valence-electron chi connectivity index (χ4n) is 1.94.